The maximum Gasteiger partial charge on any atom is 0.270 e. The summed E-state index contributed by atoms with van der Waals surface area (Å²) in [6, 6.07) is 15.0. The van der Waals surface area contributed by atoms with Crippen molar-refractivity contribution in [1.29, 1.82) is 0 Å². The van der Waals surface area contributed by atoms with Crippen molar-refractivity contribution in [2.75, 3.05) is 26.2 Å². The molecule has 1 aromatic heterocycles. The lowest BCUT2D eigenvalue weighted by molar-refractivity contribution is -0.130. The number of nitrogens with zero attached hydrogens (tertiary/aromatic N) is 2. The van der Waals surface area contributed by atoms with Crippen LogP contribution in [0.4, 0.5) is 0 Å². The van der Waals surface area contributed by atoms with Crippen molar-refractivity contribution in [2.45, 2.75) is 6.42 Å². The van der Waals surface area contributed by atoms with E-state index in [4.69, 9.17) is 5.73 Å². The van der Waals surface area contributed by atoms with E-state index < -0.39 is 0 Å². The summed E-state index contributed by atoms with van der Waals surface area (Å²) in [6.45, 7) is 1.35. The number of amides is 2. The van der Waals surface area contributed by atoms with Crippen molar-refractivity contribution in [3.05, 3.63) is 66.0 Å². The van der Waals surface area contributed by atoms with Gasteiger partial charge in [-0.25, -0.2) is 0 Å². The molecule has 126 valence electrons. The smallest absolute Gasteiger partial charge is 0.270 e. The van der Waals surface area contributed by atoms with Crippen molar-refractivity contribution in [3.63, 3.8) is 0 Å². The Morgan fingerprint density at radius 2 is 1.79 bits per heavy atom. The summed E-state index contributed by atoms with van der Waals surface area (Å²) in [7, 11) is 0. The second-order valence-corrected chi connectivity index (χ2v) is 5.30. The predicted molar refractivity (Wildman–Crippen MR) is 92.4 cm³/mol. The van der Waals surface area contributed by atoms with E-state index in [0.717, 1.165) is 12.0 Å². The Labute approximate surface area is 141 Å². The first kappa shape index (κ1) is 17.6. The summed E-state index contributed by atoms with van der Waals surface area (Å²) >= 11 is 0. The van der Waals surface area contributed by atoms with E-state index >= 15 is 0 Å². The molecule has 6 nitrogen and oxygen atoms in total. The molecule has 0 saturated heterocycles. The quantitative estimate of drug-likeness (QED) is 0.752. The molecule has 0 unspecified atom stereocenters. The van der Waals surface area contributed by atoms with E-state index in [-0.39, 0.29) is 18.4 Å². The van der Waals surface area contributed by atoms with Crippen LogP contribution in [-0.2, 0) is 11.2 Å². The van der Waals surface area contributed by atoms with E-state index in [2.05, 4.69) is 10.3 Å². The summed E-state index contributed by atoms with van der Waals surface area (Å²) in [5, 5.41) is 2.60. The van der Waals surface area contributed by atoms with Crippen molar-refractivity contribution in [1.82, 2.24) is 15.2 Å². The van der Waals surface area contributed by atoms with Crippen molar-refractivity contribution in [2.24, 2.45) is 5.73 Å². The molecule has 1 aromatic carbocycles. The maximum absolute atomic E-state index is 12.3. The van der Waals surface area contributed by atoms with E-state index in [1.54, 1.807) is 23.1 Å². The summed E-state index contributed by atoms with van der Waals surface area (Å²) in [6.07, 6.45) is 2.29. The number of rotatable bonds is 8. The Balaban J connectivity index is 1.85. The van der Waals surface area contributed by atoms with E-state index in [0.29, 0.717) is 25.3 Å². The molecule has 0 atom stereocenters. The Morgan fingerprint density at radius 1 is 1.04 bits per heavy atom. The van der Waals surface area contributed by atoms with E-state index in [1.807, 2.05) is 30.3 Å². The minimum atomic E-state index is -0.361. The van der Waals surface area contributed by atoms with Crippen LogP contribution in [0.25, 0.3) is 0 Å². The van der Waals surface area contributed by atoms with Crippen LogP contribution < -0.4 is 11.1 Å². The number of carbonyl (C=O) groups excluding carboxylic acids is 2. The molecule has 1 heterocycles. The molecule has 0 aliphatic carbocycles. The molecule has 6 heteroatoms. The van der Waals surface area contributed by atoms with Gasteiger partial charge < -0.3 is 16.0 Å². The molecule has 2 rings (SSSR count). The molecule has 0 saturated carbocycles. The first-order valence-electron chi connectivity index (χ1n) is 7.91. The number of aromatic nitrogens is 1. The molecular weight excluding hydrogens is 304 g/mol. The molecule has 24 heavy (non-hydrogen) atoms. The van der Waals surface area contributed by atoms with Crippen LogP contribution in [0.2, 0.25) is 0 Å². The van der Waals surface area contributed by atoms with E-state index in [9.17, 15) is 9.59 Å². The van der Waals surface area contributed by atoms with Crippen LogP contribution in [0.5, 0.6) is 0 Å². The number of hydrogen-bond acceptors (Lipinski definition) is 4. The largest absolute Gasteiger partial charge is 0.342 e. The van der Waals surface area contributed by atoms with Gasteiger partial charge in [-0.1, -0.05) is 36.4 Å². The van der Waals surface area contributed by atoms with Crippen LogP contribution in [-0.4, -0.2) is 47.9 Å². The summed E-state index contributed by atoms with van der Waals surface area (Å²) in [5.74, 6) is -0.514. The second-order valence-electron chi connectivity index (χ2n) is 5.30. The third kappa shape index (κ3) is 5.48. The highest BCUT2D eigenvalue weighted by Gasteiger charge is 2.15. The van der Waals surface area contributed by atoms with Crippen LogP contribution in [0.15, 0.2) is 54.7 Å². The lowest BCUT2D eigenvalue weighted by Gasteiger charge is -2.22. The zero-order valence-corrected chi connectivity index (χ0v) is 13.5. The van der Waals surface area contributed by atoms with Crippen molar-refractivity contribution in [3.8, 4) is 0 Å². The minimum Gasteiger partial charge on any atom is -0.342 e. The first-order valence-corrected chi connectivity index (χ1v) is 7.91. The van der Waals surface area contributed by atoms with Gasteiger partial charge in [-0.3, -0.25) is 14.6 Å². The van der Waals surface area contributed by atoms with Gasteiger partial charge in [-0.05, 0) is 24.1 Å². The second kappa shape index (κ2) is 9.42. The Hall–Kier alpha value is -2.73. The fourth-order valence-corrected chi connectivity index (χ4v) is 2.28. The van der Waals surface area contributed by atoms with Crippen LogP contribution >= 0.6 is 0 Å². The molecule has 0 spiro atoms. The summed E-state index contributed by atoms with van der Waals surface area (Å²) < 4.78 is 0. The fourth-order valence-electron chi connectivity index (χ4n) is 2.28. The third-order valence-electron chi connectivity index (χ3n) is 3.56. The standard InChI is InChI=1S/C18H22N4O2/c19-10-13-22(12-9-15-6-2-1-3-7-15)17(23)14-21-18(24)16-8-4-5-11-20-16/h1-8,11H,9-10,12-14,19H2,(H,21,24). The normalized spacial score (nSPS) is 10.2. The lowest BCUT2D eigenvalue weighted by Crippen LogP contribution is -2.43. The molecule has 2 amide bonds. The van der Waals surface area contributed by atoms with Gasteiger partial charge in [0.25, 0.3) is 5.91 Å². The average Bonchev–Trinajstić information content (AvgIpc) is 2.64. The van der Waals surface area contributed by atoms with Gasteiger partial charge in [0, 0.05) is 25.8 Å². The average molecular weight is 326 g/mol. The molecule has 0 aliphatic heterocycles. The zero-order valence-electron chi connectivity index (χ0n) is 13.5. The lowest BCUT2D eigenvalue weighted by atomic mass is 10.1. The highest BCUT2D eigenvalue weighted by Crippen LogP contribution is 2.02. The molecule has 0 aliphatic rings. The van der Waals surface area contributed by atoms with Gasteiger partial charge in [0.05, 0.1) is 6.54 Å². The predicted octanol–water partition coefficient (Wildman–Crippen LogP) is 0.841. The molecule has 0 bridgehead atoms. The molecular formula is C18H22N4O2. The molecule has 2 aromatic rings. The van der Waals surface area contributed by atoms with Crippen molar-refractivity contribution >= 4 is 11.8 Å². The maximum atomic E-state index is 12.3. The Kier molecular flexibility index (Phi) is 6.91. The highest BCUT2D eigenvalue weighted by atomic mass is 16.2. The third-order valence-corrected chi connectivity index (χ3v) is 3.56. The Morgan fingerprint density at radius 3 is 2.46 bits per heavy atom. The number of benzene rings is 1. The Bertz CT molecular complexity index is 647. The van der Waals surface area contributed by atoms with Gasteiger partial charge >= 0.3 is 0 Å². The van der Waals surface area contributed by atoms with Gasteiger partial charge in [0.1, 0.15) is 5.69 Å². The monoisotopic (exact) mass is 326 g/mol. The number of nitrogens with two attached hydrogens (primary N) is 1. The number of pyridine rings is 1. The molecule has 0 radical (unpaired) electrons. The summed E-state index contributed by atoms with van der Waals surface area (Å²) in [4.78, 5) is 29.9. The van der Waals surface area contributed by atoms with Gasteiger partial charge in [0.2, 0.25) is 5.91 Å². The van der Waals surface area contributed by atoms with Crippen LogP contribution in [0.3, 0.4) is 0 Å². The van der Waals surface area contributed by atoms with Crippen LogP contribution in [0, 0.1) is 0 Å². The van der Waals surface area contributed by atoms with Gasteiger partial charge in [-0.2, -0.15) is 0 Å². The number of carbonyl (C=O) groups is 2. The number of nitrogens with one attached hydrogen (secondary N) is 1. The first-order chi connectivity index (χ1) is 11.7. The summed E-state index contributed by atoms with van der Waals surface area (Å²) in [5.41, 5.74) is 7.04. The highest BCUT2D eigenvalue weighted by molar-refractivity contribution is 5.94. The molecule has 3 N–H and O–H groups in total. The van der Waals surface area contributed by atoms with Gasteiger partial charge in [-0.15, -0.1) is 0 Å². The van der Waals surface area contributed by atoms with Crippen molar-refractivity contribution < 1.29 is 9.59 Å². The minimum absolute atomic E-state index is 0.0653. The van der Waals surface area contributed by atoms with Gasteiger partial charge in [0.15, 0.2) is 0 Å². The number of hydrogen-bond donors (Lipinski definition) is 2. The van der Waals surface area contributed by atoms with E-state index in [1.165, 1.54) is 6.20 Å². The topological polar surface area (TPSA) is 88.3 Å². The zero-order chi connectivity index (χ0) is 17.2. The molecule has 0 fully saturated rings. The fraction of sp³-hybridized carbons (Fsp3) is 0.278. The van der Waals surface area contributed by atoms with Crippen LogP contribution in [0.1, 0.15) is 16.1 Å². The SMILES string of the molecule is NCCN(CCc1ccccc1)C(=O)CNC(=O)c1ccccn1.